The van der Waals surface area contributed by atoms with Gasteiger partial charge in [-0.3, -0.25) is 38.6 Å². The van der Waals surface area contributed by atoms with E-state index in [1.807, 2.05) is 98.2 Å². The molecule has 9 aromatic rings. The number of carbonyl (C=O) groups excluding carboxylic acids is 10. The fourth-order valence-electron chi connectivity index (χ4n) is 21.6. The van der Waals surface area contributed by atoms with Crippen LogP contribution in [0.5, 0.6) is 0 Å². The number of aromatic nitrogens is 2. The number of anilines is 2. The summed E-state index contributed by atoms with van der Waals surface area (Å²) in [4.78, 5) is 154. The van der Waals surface area contributed by atoms with Crippen molar-refractivity contribution in [3.05, 3.63) is 204 Å². The monoisotopic (exact) mass is 1710 g/mol. The summed E-state index contributed by atoms with van der Waals surface area (Å²) in [6.07, 6.45) is 7.44. The van der Waals surface area contributed by atoms with E-state index in [0.29, 0.717) is 92.5 Å². The molecule has 18 rings (SSSR count). The molecule has 8 aromatic carbocycles. The fraction of sp³-hybridized carbons (Fsp3) is 0.408. The number of esters is 1. The number of alkyl carbamates (subject to hydrolysis) is 3. The number of hydrogen-bond acceptors (Lipinski definition) is 16. The molecule has 6 N–H and O–H groups in total. The van der Waals surface area contributed by atoms with Crippen LogP contribution < -0.4 is 26.6 Å². The van der Waals surface area contributed by atoms with Gasteiger partial charge in [0.25, 0.3) is 5.91 Å². The number of imidazole rings is 1. The molecule has 0 radical (unpaired) electrons. The highest BCUT2D eigenvalue weighted by Crippen LogP contribution is 2.56. The first kappa shape index (κ1) is 85.3. The minimum Gasteiger partial charge on any atom is -0.469 e. The van der Waals surface area contributed by atoms with Gasteiger partial charge < -0.3 is 70.1 Å². The number of amides is 9. The van der Waals surface area contributed by atoms with E-state index in [-0.39, 0.29) is 71.5 Å². The van der Waals surface area contributed by atoms with Crippen LogP contribution in [0.2, 0.25) is 0 Å². The molecular weight excluding hydrogens is 1610 g/mol. The number of benzene rings is 8. The second-order valence-electron chi connectivity index (χ2n) is 36.3. The molecule has 1 aromatic heterocycles. The van der Waals surface area contributed by atoms with Crippen molar-refractivity contribution < 1.29 is 75.7 Å². The molecule has 4 aliphatic carbocycles. The molecule has 8 fully saturated rings. The Morgan fingerprint density at radius 3 is 1.45 bits per heavy atom. The second kappa shape index (κ2) is 34.2. The summed E-state index contributed by atoms with van der Waals surface area (Å²) in [5, 5.41) is 16.1. The number of carbonyl (C=O) groups is 10. The third-order valence-electron chi connectivity index (χ3n) is 28.2. The topological polar surface area (TPSA) is 322 Å². The number of rotatable bonds is 22. The Bertz CT molecular complexity index is 5850. The van der Waals surface area contributed by atoms with Crippen molar-refractivity contribution in [3.63, 3.8) is 0 Å². The van der Waals surface area contributed by atoms with Crippen LogP contribution in [0.25, 0.3) is 55.2 Å². The van der Waals surface area contributed by atoms with Gasteiger partial charge in [0.1, 0.15) is 52.2 Å². The van der Waals surface area contributed by atoms with Crippen molar-refractivity contribution in [3.8, 4) is 33.4 Å². The van der Waals surface area contributed by atoms with E-state index in [0.717, 1.165) is 124 Å². The van der Waals surface area contributed by atoms with Crippen LogP contribution in [0, 0.1) is 47.1 Å². The molecule has 126 heavy (non-hydrogen) atoms. The lowest BCUT2D eigenvalue weighted by Gasteiger charge is -2.41. The smallest absolute Gasteiger partial charge is 0.407 e. The highest BCUT2D eigenvalue weighted by Gasteiger charge is 2.62. The number of fused-ring (bicyclic) bond motifs is 11. The van der Waals surface area contributed by atoms with Crippen LogP contribution >= 0.6 is 0 Å². The lowest BCUT2D eigenvalue weighted by atomic mass is 9.85. The van der Waals surface area contributed by atoms with E-state index in [2.05, 4.69) is 92.2 Å². The van der Waals surface area contributed by atoms with E-state index in [9.17, 15) is 56.7 Å². The van der Waals surface area contributed by atoms with Crippen LogP contribution in [0.4, 0.5) is 40.2 Å². The number of hydrogen-bond donors (Lipinski definition) is 6. The lowest BCUT2D eigenvalue weighted by molar-refractivity contribution is -0.146. The number of methoxy groups -OCH3 is 4. The molecule has 0 spiro atoms. The minimum absolute atomic E-state index is 0.128. The Hall–Kier alpha value is -12.9. The van der Waals surface area contributed by atoms with Gasteiger partial charge in [-0.25, -0.2) is 28.1 Å². The van der Waals surface area contributed by atoms with Crippen molar-refractivity contribution >= 4 is 104 Å². The van der Waals surface area contributed by atoms with Gasteiger partial charge in [0.15, 0.2) is 0 Å². The fourth-order valence-corrected chi connectivity index (χ4v) is 21.6. The molecule has 12 atom stereocenters. The van der Waals surface area contributed by atoms with Crippen LogP contribution in [0.3, 0.4) is 0 Å². The maximum Gasteiger partial charge on any atom is 0.407 e. The van der Waals surface area contributed by atoms with Crippen LogP contribution in [0.15, 0.2) is 175 Å². The first-order chi connectivity index (χ1) is 60.6. The lowest BCUT2D eigenvalue weighted by Crippen LogP contribution is -2.61. The largest absolute Gasteiger partial charge is 0.469 e. The number of likely N-dealkylation sites (tertiary alicyclic amines) is 4. The van der Waals surface area contributed by atoms with Crippen LogP contribution in [-0.2, 0) is 64.5 Å². The summed E-state index contributed by atoms with van der Waals surface area (Å²) in [6.45, 7) is 9.48. The molecule has 4 saturated carbocycles. The standard InChI is InChI=1S/C54H50F2N6O6.C44H54N6O8/c1-67-47(63)26-42(35-7-13-40(55)14-8-35)49(64)61-29-31-19-21-53(61,27-31)46-25-39-23-37(11-17-43(39)57-46)33-3-5-34(6-4-33)38-12-18-44-45(24-38)59-51(58-44)54-22-20-32(28-54)30-62(54)50(65)48(60-52(66)68-2)36-9-15-41(56)16-10-36;1-25(2)35(47-41(55)57-5)37(51)49-23-27-15-17-43(49,21-27)39(53)45-33-12-9-29(10-13-33)30-7-8-32-20-34(14-11-31(32)19-30)46-40(54)44-18-16-28(22-44)24-50(44)38(52)36(26(3)4)48-42(56)58-6/h3-18,23-24,31-32,42,48H,19-22,25-30H2,1-2H3,(H,58,59)(H,60,66);7-14,19-20,25-28,35-36H,15-18,21-24H2,1-6H3,(H,45,53)(H,46,54)(H,47,55)(H,48,56)/t31?,32?,42-,48-,53?,54?;27?,28?,35-,36-,43?,44?/m00/s1. The van der Waals surface area contributed by atoms with Gasteiger partial charge in [-0.15, -0.1) is 0 Å². The molecular formula is C98H104F2N12O14. The Labute approximate surface area is 728 Å². The average molecular weight is 1710 g/mol. The summed E-state index contributed by atoms with van der Waals surface area (Å²) >= 11 is 0. The van der Waals surface area contributed by atoms with Crippen molar-refractivity contribution in [2.75, 3.05) is 65.3 Å². The summed E-state index contributed by atoms with van der Waals surface area (Å²) < 4.78 is 47.2. The zero-order valence-electron chi connectivity index (χ0n) is 71.8. The van der Waals surface area contributed by atoms with E-state index < -0.39 is 82.1 Å². The maximum absolute atomic E-state index is 14.5. The molecule has 4 saturated heterocycles. The van der Waals surface area contributed by atoms with Crippen molar-refractivity contribution in [2.24, 2.45) is 40.5 Å². The Balaban J connectivity index is 0.000000180. The minimum atomic E-state index is -1.06. The second-order valence-corrected chi connectivity index (χ2v) is 36.3. The highest BCUT2D eigenvalue weighted by atomic mass is 19.1. The van der Waals surface area contributed by atoms with Gasteiger partial charge in [0.05, 0.1) is 63.0 Å². The molecule has 26 nitrogen and oxygen atoms in total. The van der Waals surface area contributed by atoms with Gasteiger partial charge in [-0.2, -0.15) is 0 Å². The molecule has 9 amide bonds. The number of H-pyrrole nitrogens is 1. The number of aromatic amines is 1. The van der Waals surface area contributed by atoms with Crippen LogP contribution in [0.1, 0.15) is 146 Å². The summed E-state index contributed by atoms with van der Waals surface area (Å²) in [5.74, 6) is -2.18. The number of ether oxygens (including phenoxy) is 4. The third-order valence-corrected chi connectivity index (χ3v) is 28.2. The summed E-state index contributed by atoms with van der Waals surface area (Å²) in [5.41, 5.74) is 9.78. The zero-order valence-corrected chi connectivity index (χ0v) is 71.8. The van der Waals surface area contributed by atoms with Gasteiger partial charge >= 0.3 is 24.2 Å². The molecule has 654 valence electrons. The normalized spacial score (nSPS) is 23.6. The van der Waals surface area contributed by atoms with Gasteiger partial charge in [-0.05, 0) is 252 Å². The number of nitrogens with one attached hydrogen (secondary N) is 6. The number of piperidine rings is 4. The number of aliphatic imine (C=N–C) groups is 1. The molecule has 6 heterocycles. The molecule has 5 aliphatic heterocycles. The molecule has 8 bridgehead atoms. The van der Waals surface area contributed by atoms with Crippen molar-refractivity contribution in [2.45, 2.75) is 164 Å². The molecule has 28 heteroatoms. The van der Waals surface area contributed by atoms with E-state index in [1.165, 1.54) is 64.8 Å². The Kier molecular flexibility index (Phi) is 23.2. The van der Waals surface area contributed by atoms with E-state index in [1.54, 1.807) is 21.9 Å². The average Bonchev–Trinajstić information content (AvgIpc) is 1.59. The third kappa shape index (κ3) is 15.9. The highest BCUT2D eigenvalue weighted by molar-refractivity contribution is 6.07. The van der Waals surface area contributed by atoms with E-state index >= 15 is 0 Å². The first-order valence-corrected chi connectivity index (χ1v) is 43.6. The zero-order chi connectivity index (χ0) is 88.4. The first-order valence-electron chi connectivity index (χ1n) is 43.6. The number of nitrogens with zero attached hydrogens (tertiary/aromatic N) is 6. The van der Waals surface area contributed by atoms with E-state index in [4.69, 9.17) is 28.9 Å². The number of halogens is 2. The van der Waals surface area contributed by atoms with Gasteiger partial charge in [0.2, 0.25) is 29.5 Å². The predicted molar refractivity (Wildman–Crippen MR) is 469 cm³/mol. The maximum atomic E-state index is 14.5. The molecule has 8 unspecified atom stereocenters. The Morgan fingerprint density at radius 1 is 0.452 bits per heavy atom. The summed E-state index contributed by atoms with van der Waals surface area (Å²) in [6, 6.07) is 49.0. The van der Waals surface area contributed by atoms with Crippen molar-refractivity contribution in [1.29, 1.82) is 0 Å². The Morgan fingerprint density at radius 2 is 0.905 bits per heavy atom. The molecule has 9 aliphatic rings. The predicted octanol–water partition coefficient (Wildman–Crippen LogP) is 15.4. The van der Waals surface area contributed by atoms with Gasteiger partial charge in [-0.1, -0.05) is 119 Å². The van der Waals surface area contributed by atoms with Crippen LogP contribution in [-0.4, -0.2) is 178 Å². The van der Waals surface area contributed by atoms with Crippen molar-refractivity contribution in [1.82, 2.24) is 45.5 Å². The summed E-state index contributed by atoms with van der Waals surface area (Å²) in [7, 11) is 5.06. The van der Waals surface area contributed by atoms with Gasteiger partial charge in [0, 0.05) is 49.7 Å². The SMILES string of the molecule is COC(=O)C[C@H](C(=O)N1CC2CCC1(C1=Nc3ccc(-c4ccc(-c5ccc6nc(C78CCC(CN7C(=O)[C@@H](NC(=O)OC)c7ccc(F)cc7)C8)[nH]c6c5)cc4)cc3C1)C2)c1ccc(F)cc1.COC(=O)N[C@H](C(=O)N1CC2CCC1(C(=O)Nc1ccc(-c3ccc4cc(NC(=O)C56CCC(CN5C(=O)[C@@H](NC(=O)OC)C(C)C)C6)ccc4c3)cc1)C2)C(C)C. The quantitative estimate of drug-likeness (QED) is 0.0271.